The van der Waals surface area contributed by atoms with Gasteiger partial charge in [0.2, 0.25) is 5.91 Å². The Morgan fingerprint density at radius 2 is 1.75 bits per heavy atom. The lowest BCUT2D eigenvalue weighted by Gasteiger charge is -2.21. The molecule has 0 bridgehead atoms. The summed E-state index contributed by atoms with van der Waals surface area (Å²) in [7, 11) is 0. The maximum atomic E-state index is 13.5. The van der Waals surface area contributed by atoms with Gasteiger partial charge in [-0.1, -0.05) is 43.7 Å². The van der Waals surface area contributed by atoms with Gasteiger partial charge in [-0.15, -0.1) is 0 Å². The van der Waals surface area contributed by atoms with Crippen molar-refractivity contribution in [2.75, 3.05) is 5.32 Å². The SMILES string of the molecule is CCCCc1c(C(F)(F)F)ccc(NC(C)=O)c1-c1ccccc1. The van der Waals surface area contributed by atoms with Crippen LogP contribution in [0.25, 0.3) is 11.1 Å². The second-order valence-corrected chi connectivity index (χ2v) is 5.66. The molecule has 5 heteroatoms. The van der Waals surface area contributed by atoms with Gasteiger partial charge >= 0.3 is 6.18 Å². The largest absolute Gasteiger partial charge is 0.416 e. The second-order valence-electron chi connectivity index (χ2n) is 5.66. The third-order valence-electron chi connectivity index (χ3n) is 3.77. The summed E-state index contributed by atoms with van der Waals surface area (Å²) in [5, 5.41) is 2.66. The van der Waals surface area contributed by atoms with E-state index in [1.54, 1.807) is 30.3 Å². The van der Waals surface area contributed by atoms with E-state index < -0.39 is 11.7 Å². The number of carbonyl (C=O) groups is 1. The van der Waals surface area contributed by atoms with Crippen LogP contribution in [0.1, 0.15) is 37.8 Å². The van der Waals surface area contributed by atoms with Crippen molar-refractivity contribution in [1.82, 2.24) is 0 Å². The smallest absolute Gasteiger partial charge is 0.326 e. The topological polar surface area (TPSA) is 29.1 Å². The number of benzene rings is 2. The molecule has 0 heterocycles. The lowest BCUT2D eigenvalue weighted by Crippen LogP contribution is -2.14. The van der Waals surface area contributed by atoms with Crippen LogP contribution < -0.4 is 5.32 Å². The van der Waals surface area contributed by atoms with Gasteiger partial charge in [-0.05, 0) is 36.1 Å². The average molecular weight is 335 g/mol. The van der Waals surface area contributed by atoms with Crippen molar-refractivity contribution in [2.45, 2.75) is 39.3 Å². The standard InChI is InChI=1S/C19H20F3NO/c1-3-4-10-15-16(19(20,21)22)11-12-17(23-13(2)24)18(15)14-8-6-5-7-9-14/h5-9,11-12H,3-4,10H2,1-2H3,(H,23,24). The molecule has 0 aromatic heterocycles. The molecule has 0 aliphatic heterocycles. The van der Waals surface area contributed by atoms with Crippen molar-refractivity contribution in [3.05, 3.63) is 53.6 Å². The monoisotopic (exact) mass is 335 g/mol. The maximum absolute atomic E-state index is 13.5. The number of nitrogens with one attached hydrogen (secondary N) is 1. The van der Waals surface area contributed by atoms with E-state index in [0.717, 1.165) is 12.5 Å². The van der Waals surface area contributed by atoms with Crippen molar-refractivity contribution in [1.29, 1.82) is 0 Å². The lowest BCUT2D eigenvalue weighted by atomic mass is 9.90. The molecule has 0 atom stereocenters. The fourth-order valence-electron chi connectivity index (χ4n) is 2.75. The van der Waals surface area contributed by atoms with Crippen LogP contribution in [-0.2, 0) is 17.4 Å². The number of hydrogen-bond donors (Lipinski definition) is 1. The molecule has 1 amide bonds. The Labute approximate surface area is 139 Å². The molecule has 1 N–H and O–H groups in total. The Morgan fingerprint density at radius 1 is 1.08 bits per heavy atom. The second kappa shape index (κ2) is 7.51. The fraction of sp³-hybridized carbons (Fsp3) is 0.316. The lowest BCUT2D eigenvalue weighted by molar-refractivity contribution is -0.138. The number of unbranched alkanes of at least 4 members (excludes halogenated alkanes) is 1. The third-order valence-corrected chi connectivity index (χ3v) is 3.77. The molecule has 0 unspecified atom stereocenters. The highest BCUT2D eigenvalue weighted by molar-refractivity contribution is 5.95. The molecule has 0 aliphatic carbocycles. The van der Waals surface area contributed by atoms with E-state index in [2.05, 4.69) is 5.32 Å². The first kappa shape index (κ1) is 18.0. The molecular weight excluding hydrogens is 315 g/mol. The molecule has 0 aliphatic rings. The van der Waals surface area contributed by atoms with Crippen LogP contribution in [0.5, 0.6) is 0 Å². The van der Waals surface area contributed by atoms with Gasteiger partial charge in [-0.3, -0.25) is 4.79 Å². The van der Waals surface area contributed by atoms with E-state index in [-0.39, 0.29) is 11.5 Å². The van der Waals surface area contributed by atoms with Gasteiger partial charge in [-0.2, -0.15) is 13.2 Å². The quantitative estimate of drug-likeness (QED) is 0.749. The zero-order valence-electron chi connectivity index (χ0n) is 13.7. The van der Waals surface area contributed by atoms with Gasteiger partial charge in [0.1, 0.15) is 0 Å². The van der Waals surface area contributed by atoms with Gasteiger partial charge in [-0.25, -0.2) is 0 Å². The molecule has 0 saturated carbocycles. The first-order chi connectivity index (χ1) is 11.3. The van der Waals surface area contributed by atoms with E-state index >= 15 is 0 Å². The zero-order valence-corrected chi connectivity index (χ0v) is 13.7. The van der Waals surface area contributed by atoms with Gasteiger partial charge in [0, 0.05) is 18.2 Å². The molecule has 128 valence electrons. The summed E-state index contributed by atoms with van der Waals surface area (Å²) < 4.78 is 40.4. The number of anilines is 1. The molecular formula is C19H20F3NO. The molecule has 2 rings (SSSR count). The summed E-state index contributed by atoms with van der Waals surface area (Å²) in [6.45, 7) is 3.28. The van der Waals surface area contributed by atoms with Crippen molar-refractivity contribution in [2.24, 2.45) is 0 Å². The Hall–Kier alpha value is -2.30. The van der Waals surface area contributed by atoms with Crippen molar-refractivity contribution in [3.63, 3.8) is 0 Å². The van der Waals surface area contributed by atoms with Crippen molar-refractivity contribution < 1.29 is 18.0 Å². The minimum Gasteiger partial charge on any atom is -0.326 e. The molecule has 0 fully saturated rings. The van der Waals surface area contributed by atoms with E-state index in [4.69, 9.17) is 0 Å². The Balaban J connectivity index is 2.74. The van der Waals surface area contributed by atoms with Crippen LogP contribution in [-0.4, -0.2) is 5.91 Å². The molecule has 2 aromatic carbocycles. The zero-order chi connectivity index (χ0) is 17.7. The van der Waals surface area contributed by atoms with Crippen LogP contribution >= 0.6 is 0 Å². The van der Waals surface area contributed by atoms with Crippen LogP contribution in [0.4, 0.5) is 18.9 Å². The van der Waals surface area contributed by atoms with Crippen molar-refractivity contribution >= 4 is 11.6 Å². The van der Waals surface area contributed by atoms with Crippen LogP contribution in [0, 0.1) is 0 Å². The number of rotatable bonds is 5. The highest BCUT2D eigenvalue weighted by Crippen LogP contribution is 2.41. The Morgan fingerprint density at radius 3 is 2.29 bits per heavy atom. The van der Waals surface area contributed by atoms with Crippen LogP contribution in [0.2, 0.25) is 0 Å². The van der Waals surface area contributed by atoms with Gasteiger partial charge < -0.3 is 5.32 Å². The average Bonchev–Trinajstić information content (AvgIpc) is 2.52. The molecule has 24 heavy (non-hydrogen) atoms. The predicted molar refractivity (Wildman–Crippen MR) is 89.8 cm³/mol. The van der Waals surface area contributed by atoms with Crippen molar-refractivity contribution in [3.8, 4) is 11.1 Å². The van der Waals surface area contributed by atoms with E-state index in [1.165, 1.54) is 13.0 Å². The highest BCUT2D eigenvalue weighted by atomic mass is 19.4. The minimum absolute atomic E-state index is 0.238. The normalized spacial score (nSPS) is 11.4. The number of carbonyl (C=O) groups excluding carboxylic acids is 1. The molecule has 0 spiro atoms. The molecule has 2 aromatic rings. The number of hydrogen-bond acceptors (Lipinski definition) is 1. The van der Waals surface area contributed by atoms with Crippen LogP contribution in [0.15, 0.2) is 42.5 Å². The minimum atomic E-state index is -4.43. The summed E-state index contributed by atoms with van der Waals surface area (Å²) >= 11 is 0. The predicted octanol–water partition coefficient (Wildman–Crippen LogP) is 5.67. The van der Waals surface area contributed by atoms with Gasteiger partial charge in [0.25, 0.3) is 0 Å². The van der Waals surface area contributed by atoms with Gasteiger partial charge in [0.15, 0.2) is 0 Å². The van der Waals surface area contributed by atoms with E-state index in [9.17, 15) is 18.0 Å². The summed E-state index contributed by atoms with van der Waals surface area (Å²) in [4.78, 5) is 11.5. The van der Waals surface area contributed by atoms with Gasteiger partial charge in [0.05, 0.1) is 5.56 Å². The summed E-state index contributed by atoms with van der Waals surface area (Å²) in [5.74, 6) is -0.312. The fourth-order valence-corrected chi connectivity index (χ4v) is 2.75. The molecule has 0 saturated heterocycles. The summed E-state index contributed by atoms with van der Waals surface area (Å²) in [5.41, 5.74) is 1.13. The molecule has 2 nitrogen and oxygen atoms in total. The summed E-state index contributed by atoms with van der Waals surface area (Å²) in [6, 6.07) is 11.3. The maximum Gasteiger partial charge on any atom is 0.416 e. The first-order valence-electron chi connectivity index (χ1n) is 7.90. The van der Waals surface area contributed by atoms with E-state index in [0.29, 0.717) is 29.7 Å². The molecule has 0 radical (unpaired) electrons. The first-order valence-corrected chi connectivity index (χ1v) is 7.90. The third kappa shape index (κ3) is 4.16. The van der Waals surface area contributed by atoms with Crippen LogP contribution in [0.3, 0.4) is 0 Å². The van der Waals surface area contributed by atoms with E-state index in [1.807, 2.05) is 6.92 Å². The number of halogens is 3. The Bertz CT molecular complexity index is 709. The number of alkyl halides is 3. The highest BCUT2D eigenvalue weighted by Gasteiger charge is 2.35. The Kier molecular flexibility index (Phi) is 5.65. The number of amides is 1. The summed E-state index contributed by atoms with van der Waals surface area (Å²) in [6.07, 6.45) is -2.69.